The Morgan fingerprint density at radius 3 is 2.55 bits per heavy atom. The largest absolute Gasteiger partial charge is 0.497 e. The van der Waals surface area contributed by atoms with Crippen molar-refractivity contribution < 1.29 is 13.9 Å². The molecule has 0 aliphatic carbocycles. The van der Waals surface area contributed by atoms with E-state index < -0.39 is 0 Å². The molecule has 0 fully saturated rings. The summed E-state index contributed by atoms with van der Waals surface area (Å²) in [6.45, 7) is 2.45. The van der Waals surface area contributed by atoms with Crippen LogP contribution >= 0.6 is 11.3 Å². The molecule has 4 aromatic rings. The first kappa shape index (κ1) is 19.1. The maximum absolute atomic E-state index is 13.1. The normalized spacial score (nSPS) is 11.0. The van der Waals surface area contributed by atoms with Gasteiger partial charge in [0.2, 0.25) is 0 Å². The summed E-state index contributed by atoms with van der Waals surface area (Å²) in [4.78, 5) is 18.6. The summed E-state index contributed by atoms with van der Waals surface area (Å²) >= 11 is 1.35. The number of benzene rings is 2. The number of aromatic nitrogens is 2. The number of aryl methyl sites for hydroxylation is 1. The minimum atomic E-state index is -0.278. The predicted octanol–water partition coefficient (Wildman–Crippen LogP) is 4.49. The Morgan fingerprint density at radius 1 is 1.17 bits per heavy atom. The van der Waals surface area contributed by atoms with Gasteiger partial charge in [0.15, 0.2) is 4.96 Å². The van der Waals surface area contributed by atoms with Gasteiger partial charge in [-0.2, -0.15) is 0 Å². The van der Waals surface area contributed by atoms with Crippen molar-refractivity contribution in [2.24, 2.45) is 0 Å². The molecule has 0 aliphatic rings. The third-order valence-corrected chi connectivity index (χ3v) is 5.92. The smallest absolute Gasteiger partial charge is 0.263 e. The second kappa shape index (κ2) is 8.05. The summed E-state index contributed by atoms with van der Waals surface area (Å²) in [6, 6.07) is 14.0. The Hall–Kier alpha value is -3.19. The topological polar surface area (TPSA) is 55.6 Å². The summed E-state index contributed by atoms with van der Waals surface area (Å²) in [5.41, 5.74) is 3.57. The molecule has 2 aromatic heterocycles. The lowest BCUT2D eigenvalue weighted by molar-refractivity contribution is 0.0957. The van der Waals surface area contributed by atoms with Crippen molar-refractivity contribution in [1.29, 1.82) is 0 Å². The van der Waals surface area contributed by atoms with Gasteiger partial charge in [-0.1, -0.05) is 23.5 Å². The number of hydrogen-bond acceptors (Lipinski definition) is 4. The molecule has 0 saturated carbocycles. The van der Waals surface area contributed by atoms with Crippen molar-refractivity contribution in [3.63, 3.8) is 0 Å². The maximum atomic E-state index is 13.1. The van der Waals surface area contributed by atoms with Crippen LogP contribution in [-0.2, 0) is 6.42 Å². The van der Waals surface area contributed by atoms with E-state index in [0.29, 0.717) is 11.4 Å². The predicted molar refractivity (Wildman–Crippen MR) is 112 cm³/mol. The summed E-state index contributed by atoms with van der Waals surface area (Å²) in [5.74, 6) is 0.435. The van der Waals surface area contributed by atoms with E-state index in [1.165, 1.54) is 23.5 Å². The second-order valence-corrected chi connectivity index (χ2v) is 7.63. The number of nitrogens with zero attached hydrogens (tertiary/aromatic N) is 2. The molecule has 0 aliphatic heterocycles. The van der Waals surface area contributed by atoms with Gasteiger partial charge in [-0.05, 0) is 55.3 Å². The van der Waals surface area contributed by atoms with Crippen molar-refractivity contribution in [2.75, 3.05) is 13.7 Å². The van der Waals surface area contributed by atoms with E-state index in [4.69, 9.17) is 4.74 Å². The number of carbonyl (C=O) groups excluding carboxylic acids is 1. The number of carbonyl (C=O) groups is 1. The molecule has 148 valence electrons. The van der Waals surface area contributed by atoms with Crippen LogP contribution in [0.4, 0.5) is 4.39 Å². The van der Waals surface area contributed by atoms with Crippen LogP contribution in [0.15, 0.2) is 54.7 Å². The van der Waals surface area contributed by atoms with Crippen molar-refractivity contribution in [3.05, 3.63) is 76.7 Å². The molecule has 29 heavy (non-hydrogen) atoms. The quantitative estimate of drug-likeness (QED) is 0.510. The second-order valence-electron chi connectivity index (χ2n) is 6.66. The van der Waals surface area contributed by atoms with E-state index in [-0.39, 0.29) is 11.7 Å². The maximum Gasteiger partial charge on any atom is 0.263 e. The Morgan fingerprint density at radius 2 is 1.90 bits per heavy atom. The highest BCUT2D eigenvalue weighted by molar-refractivity contribution is 7.19. The van der Waals surface area contributed by atoms with Crippen LogP contribution < -0.4 is 10.1 Å². The molecule has 5 nitrogen and oxygen atoms in total. The van der Waals surface area contributed by atoms with E-state index in [1.807, 2.05) is 41.8 Å². The van der Waals surface area contributed by atoms with Gasteiger partial charge in [0.05, 0.1) is 12.8 Å². The van der Waals surface area contributed by atoms with E-state index in [2.05, 4.69) is 10.3 Å². The summed E-state index contributed by atoms with van der Waals surface area (Å²) in [5, 5.41) is 2.98. The molecule has 0 unspecified atom stereocenters. The minimum absolute atomic E-state index is 0.102. The molecule has 4 rings (SSSR count). The summed E-state index contributed by atoms with van der Waals surface area (Å²) in [7, 11) is 1.64. The first-order chi connectivity index (χ1) is 14.0. The fourth-order valence-corrected chi connectivity index (χ4v) is 4.14. The standard InChI is InChI=1S/C22H20FN3O2S/c1-14-20(21(27)24-12-11-15-3-9-18(28-2)10-4-15)29-22-25-19(13-26(14)22)16-5-7-17(23)8-6-16/h3-10,13H,11-12H2,1-2H3,(H,24,27). The Balaban J connectivity index is 1.44. The first-order valence-corrected chi connectivity index (χ1v) is 10.0. The van der Waals surface area contributed by atoms with E-state index >= 15 is 0 Å². The highest BCUT2D eigenvalue weighted by Gasteiger charge is 2.18. The molecular formula is C22H20FN3O2S. The van der Waals surface area contributed by atoms with Crippen LogP contribution in [0.25, 0.3) is 16.2 Å². The van der Waals surface area contributed by atoms with Gasteiger partial charge in [0, 0.05) is 24.0 Å². The van der Waals surface area contributed by atoms with E-state index in [9.17, 15) is 9.18 Å². The van der Waals surface area contributed by atoms with Crippen molar-refractivity contribution in [3.8, 4) is 17.0 Å². The van der Waals surface area contributed by atoms with E-state index in [0.717, 1.165) is 39.6 Å². The number of fused-ring (bicyclic) bond motifs is 1. The van der Waals surface area contributed by atoms with Gasteiger partial charge in [-0.15, -0.1) is 0 Å². The summed E-state index contributed by atoms with van der Waals surface area (Å²) < 4.78 is 20.2. The average molecular weight is 409 g/mol. The highest BCUT2D eigenvalue weighted by Crippen LogP contribution is 2.27. The van der Waals surface area contributed by atoms with Crippen molar-refractivity contribution in [2.45, 2.75) is 13.3 Å². The van der Waals surface area contributed by atoms with Crippen LogP contribution in [0.3, 0.4) is 0 Å². The van der Waals surface area contributed by atoms with Crippen LogP contribution in [-0.4, -0.2) is 28.9 Å². The molecule has 0 atom stereocenters. The van der Waals surface area contributed by atoms with Gasteiger partial charge < -0.3 is 10.1 Å². The van der Waals surface area contributed by atoms with E-state index in [1.54, 1.807) is 19.2 Å². The molecule has 0 bridgehead atoms. The Labute approximate surface area is 171 Å². The fourth-order valence-electron chi connectivity index (χ4n) is 3.11. The molecule has 1 amide bonds. The monoisotopic (exact) mass is 409 g/mol. The molecule has 2 aromatic carbocycles. The Kier molecular flexibility index (Phi) is 5.31. The summed E-state index contributed by atoms with van der Waals surface area (Å²) in [6.07, 6.45) is 2.62. The van der Waals surface area contributed by atoms with Gasteiger partial charge >= 0.3 is 0 Å². The lowest BCUT2D eigenvalue weighted by Crippen LogP contribution is -2.25. The fraction of sp³-hybridized carbons (Fsp3) is 0.182. The zero-order valence-corrected chi connectivity index (χ0v) is 16.9. The number of hydrogen-bond donors (Lipinski definition) is 1. The SMILES string of the molecule is COc1ccc(CCNC(=O)c2sc3nc(-c4ccc(F)cc4)cn3c2C)cc1. The van der Waals surface area contributed by atoms with Crippen LogP contribution in [0, 0.1) is 12.7 Å². The molecular weight excluding hydrogens is 389 g/mol. The van der Waals surface area contributed by atoms with Crippen LogP contribution in [0.1, 0.15) is 20.9 Å². The number of halogens is 1. The number of ether oxygens (including phenoxy) is 1. The van der Waals surface area contributed by atoms with Crippen LogP contribution in [0.2, 0.25) is 0 Å². The molecule has 0 saturated heterocycles. The van der Waals surface area contributed by atoms with Crippen molar-refractivity contribution in [1.82, 2.24) is 14.7 Å². The van der Waals surface area contributed by atoms with Gasteiger partial charge in [-0.3, -0.25) is 9.20 Å². The minimum Gasteiger partial charge on any atom is -0.497 e. The highest BCUT2D eigenvalue weighted by atomic mass is 32.1. The lowest BCUT2D eigenvalue weighted by atomic mass is 10.1. The van der Waals surface area contributed by atoms with Crippen LogP contribution in [0.5, 0.6) is 5.75 Å². The third kappa shape index (κ3) is 4.00. The first-order valence-electron chi connectivity index (χ1n) is 9.20. The zero-order chi connectivity index (χ0) is 20.4. The number of methoxy groups -OCH3 is 1. The lowest BCUT2D eigenvalue weighted by Gasteiger charge is -2.06. The van der Waals surface area contributed by atoms with Gasteiger partial charge in [-0.25, -0.2) is 9.37 Å². The molecule has 7 heteroatoms. The van der Waals surface area contributed by atoms with Gasteiger partial charge in [0.25, 0.3) is 5.91 Å². The third-order valence-electron chi connectivity index (χ3n) is 4.76. The van der Waals surface area contributed by atoms with Gasteiger partial charge in [0.1, 0.15) is 16.4 Å². The molecule has 0 spiro atoms. The average Bonchev–Trinajstić information content (AvgIpc) is 3.28. The number of imidazole rings is 1. The number of nitrogens with one attached hydrogen (secondary N) is 1. The molecule has 1 N–H and O–H groups in total. The number of thiazole rings is 1. The molecule has 2 heterocycles. The Bertz CT molecular complexity index is 1150. The molecule has 0 radical (unpaired) electrons. The van der Waals surface area contributed by atoms with Crippen molar-refractivity contribution >= 4 is 22.2 Å². The number of amides is 1. The zero-order valence-electron chi connectivity index (χ0n) is 16.1. The number of rotatable bonds is 6.